The zero-order valence-electron chi connectivity index (χ0n) is 12.6. The van der Waals surface area contributed by atoms with Crippen LogP contribution in [0.5, 0.6) is 0 Å². The van der Waals surface area contributed by atoms with Gasteiger partial charge in [0.2, 0.25) is 5.95 Å². The van der Waals surface area contributed by atoms with E-state index in [0.717, 1.165) is 19.5 Å². The molecule has 0 atom stereocenters. The monoisotopic (exact) mass is 339 g/mol. The van der Waals surface area contributed by atoms with Gasteiger partial charge in [-0.05, 0) is 45.3 Å². The van der Waals surface area contributed by atoms with Gasteiger partial charge in [0.1, 0.15) is 5.82 Å². The van der Waals surface area contributed by atoms with Gasteiger partial charge >= 0.3 is 0 Å². The number of benzene rings is 1. The SMILES string of the molecule is CN(C)CCCNc1nccc(Nc2c(Cl)cccc2Cl)n1. The summed E-state index contributed by atoms with van der Waals surface area (Å²) >= 11 is 12.3. The first kappa shape index (κ1) is 16.8. The second kappa shape index (κ2) is 8.17. The molecule has 1 aromatic heterocycles. The van der Waals surface area contributed by atoms with Crippen molar-refractivity contribution in [3.63, 3.8) is 0 Å². The lowest BCUT2D eigenvalue weighted by atomic mass is 10.3. The van der Waals surface area contributed by atoms with Gasteiger partial charge in [-0.15, -0.1) is 0 Å². The third-order valence-corrected chi connectivity index (χ3v) is 3.57. The quantitative estimate of drug-likeness (QED) is 0.749. The number of aromatic nitrogens is 2. The Bertz CT molecular complexity index is 598. The Balaban J connectivity index is 1.99. The number of para-hydroxylation sites is 1. The number of nitrogens with one attached hydrogen (secondary N) is 2. The highest BCUT2D eigenvalue weighted by atomic mass is 35.5. The molecule has 2 aromatic rings. The Morgan fingerprint density at radius 2 is 1.86 bits per heavy atom. The van der Waals surface area contributed by atoms with Crippen molar-refractivity contribution in [3.05, 3.63) is 40.5 Å². The first-order valence-electron chi connectivity index (χ1n) is 6.99. The molecule has 0 fully saturated rings. The van der Waals surface area contributed by atoms with E-state index in [4.69, 9.17) is 23.2 Å². The average Bonchev–Trinajstić information content (AvgIpc) is 2.48. The minimum Gasteiger partial charge on any atom is -0.354 e. The van der Waals surface area contributed by atoms with E-state index in [1.807, 2.05) is 14.1 Å². The molecule has 5 nitrogen and oxygen atoms in total. The van der Waals surface area contributed by atoms with Crippen LogP contribution in [0.25, 0.3) is 0 Å². The maximum Gasteiger partial charge on any atom is 0.224 e. The van der Waals surface area contributed by atoms with Crippen molar-refractivity contribution >= 4 is 40.7 Å². The molecule has 118 valence electrons. The van der Waals surface area contributed by atoms with Gasteiger partial charge in [0, 0.05) is 12.7 Å². The van der Waals surface area contributed by atoms with Gasteiger partial charge in [0.05, 0.1) is 15.7 Å². The highest BCUT2D eigenvalue weighted by Crippen LogP contribution is 2.31. The second-order valence-electron chi connectivity index (χ2n) is 5.07. The summed E-state index contributed by atoms with van der Waals surface area (Å²) in [5.74, 6) is 1.21. The van der Waals surface area contributed by atoms with Crippen molar-refractivity contribution in [2.75, 3.05) is 37.8 Å². The predicted octanol–water partition coefficient (Wildman–Crippen LogP) is 3.89. The molecule has 0 saturated carbocycles. The number of halogens is 2. The van der Waals surface area contributed by atoms with Crippen molar-refractivity contribution < 1.29 is 0 Å². The topological polar surface area (TPSA) is 53.1 Å². The summed E-state index contributed by atoms with van der Waals surface area (Å²) < 4.78 is 0. The molecule has 0 aliphatic rings. The zero-order valence-corrected chi connectivity index (χ0v) is 14.1. The van der Waals surface area contributed by atoms with Crippen molar-refractivity contribution in [1.29, 1.82) is 0 Å². The Labute approximate surface area is 140 Å². The maximum absolute atomic E-state index is 6.14. The third kappa shape index (κ3) is 5.02. The van der Waals surface area contributed by atoms with Crippen LogP contribution in [0.4, 0.5) is 17.5 Å². The molecule has 7 heteroatoms. The summed E-state index contributed by atoms with van der Waals surface area (Å²) in [6.45, 7) is 1.83. The molecule has 2 rings (SSSR count). The van der Waals surface area contributed by atoms with Gasteiger partial charge in [-0.25, -0.2) is 4.98 Å². The van der Waals surface area contributed by atoms with Gasteiger partial charge in [-0.2, -0.15) is 4.98 Å². The Kier molecular flexibility index (Phi) is 6.24. The minimum absolute atomic E-state index is 0.548. The molecule has 1 heterocycles. The first-order valence-corrected chi connectivity index (χ1v) is 7.74. The van der Waals surface area contributed by atoms with Gasteiger partial charge < -0.3 is 15.5 Å². The molecular weight excluding hydrogens is 321 g/mol. The van der Waals surface area contributed by atoms with E-state index in [1.165, 1.54) is 0 Å². The molecular formula is C15H19Cl2N5. The molecule has 0 amide bonds. The Morgan fingerprint density at radius 1 is 1.14 bits per heavy atom. The largest absolute Gasteiger partial charge is 0.354 e. The first-order chi connectivity index (χ1) is 10.6. The van der Waals surface area contributed by atoms with Crippen molar-refractivity contribution in [3.8, 4) is 0 Å². The second-order valence-corrected chi connectivity index (χ2v) is 5.89. The standard InChI is InChI=1S/C15H19Cl2N5/c1-22(2)10-4-8-18-15-19-9-7-13(21-15)20-14-11(16)5-3-6-12(14)17/h3,5-7,9H,4,8,10H2,1-2H3,(H2,18,19,20,21). The van der Waals surface area contributed by atoms with Gasteiger partial charge in [-0.1, -0.05) is 29.3 Å². The molecule has 0 unspecified atom stereocenters. The van der Waals surface area contributed by atoms with Gasteiger partial charge in [-0.3, -0.25) is 0 Å². The highest BCUT2D eigenvalue weighted by Gasteiger charge is 2.07. The van der Waals surface area contributed by atoms with Crippen LogP contribution >= 0.6 is 23.2 Å². The Hall–Kier alpha value is -1.56. The van der Waals surface area contributed by atoms with Crippen LogP contribution in [-0.4, -0.2) is 42.1 Å². The van der Waals surface area contributed by atoms with Crippen molar-refractivity contribution in [1.82, 2.24) is 14.9 Å². The molecule has 0 saturated heterocycles. The fourth-order valence-electron chi connectivity index (χ4n) is 1.85. The van der Waals surface area contributed by atoms with Crippen molar-refractivity contribution in [2.24, 2.45) is 0 Å². The number of hydrogen-bond donors (Lipinski definition) is 2. The fraction of sp³-hybridized carbons (Fsp3) is 0.333. The summed E-state index contributed by atoms with van der Waals surface area (Å²) in [5, 5.41) is 7.42. The van der Waals surface area contributed by atoms with Crippen LogP contribution in [-0.2, 0) is 0 Å². The van der Waals surface area contributed by atoms with E-state index in [1.54, 1.807) is 30.5 Å². The molecule has 1 aromatic carbocycles. The minimum atomic E-state index is 0.548. The summed E-state index contributed by atoms with van der Waals surface area (Å²) in [6.07, 6.45) is 2.71. The molecule has 2 N–H and O–H groups in total. The van der Waals surface area contributed by atoms with Crippen LogP contribution in [0.1, 0.15) is 6.42 Å². The third-order valence-electron chi connectivity index (χ3n) is 2.94. The van der Waals surface area contributed by atoms with Crippen molar-refractivity contribution in [2.45, 2.75) is 6.42 Å². The van der Waals surface area contributed by atoms with E-state index in [0.29, 0.717) is 27.5 Å². The fourth-order valence-corrected chi connectivity index (χ4v) is 2.35. The lowest BCUT2D eigenvalue weighted by Gasteiger charge is -2.12. The lowest BCUT2D eigenvalue weighted by molar-refractivity contribution is 0.405. The zero-order chi connectivity index (χ0) is 15.9. The van der Waals surface area contributed by atoms with Crippen LogP contribution < -0.4 is 10.6 Å². The van der Waals surface area contributed by atoms with Crippen LogP contribution in [0.2, 0.25) is 10.0 Å². The lowest BCUT2D eigenvalue weighted by Crippen LogP contribution is -2.17. The van der Waals surface area contributed by atoms with Crippen LogP contribution in [0.15, 0.2) is 30.5 Å². The predicted molar refractivity (Wildman–Crippen MR) is 93.4 cm³/mol. The summed E-state index contributed by atoms with van der Waals surface area (Å²) in [7, 11) is 4.10. The molecule has 0 radical (unpaired) electrons. The highest BCUT2D eigenvalue weighted by molar-refractivity contribution is 6.39. The summed E-state index contributed by atoms with van der Waals surface area (Å²) in [5.41, 5.74) is 0.642. The van der Waals surface area contributed by atoms with Gasteiger partial charge in [0.25, 0.3) is 0 Å². The van der Waals surface area contributed by atoms with Crippen LogP contribution in [0.3, 0.4) is 0 Å². The summed E-state index contributed by atoms with van der Waals surface area (Å²) in [6, 6.07) is 7.12. The van der Waals surface area contributed by atoms with Crippen LogP contribution in [0, 0.1) is 0 Å². The molecule has 0 aliphatic heterocycles. The van der Waals surface area contributed by atoms with E-state index >= 15 is 0 Å². The number of nitrogens with zero attached hydrogens (tertiary/aromatic N) is 3. The average molecular weight is 340 g/mol. The normalized spacial score (nSPS) is 10.8. The summed E-state index contributed by atoms with van der Waals surface area (Å²) in [4.78, 5) is 10.7. The van der Waals surface area contributed by atoms with E-state index < -0.39 is 0 Å². The van der Waals surface area contributed by atoms with E-state index in [2.05, 4.69) is 25.5 Å². The molecule has 22 heavy (non-hydrogen) atoms. The smallest absolute Gasteiger partial charge is 0.224 e. The molecule has 0 spiro atoms. The molecule has 0 bridgehead atoms. The Morgan fingerprint density at radius 3 is 2.55 bits per heavy atom. The maximum atomic E-state index is 6.14. The number of anilines is 3. The van der Waals surface area contributed by atoms with Gasteiger partial charge in [0.15, 0.2) is 0 Å². The molecule has 0 aliphatic carbocycles. The van der Waals surface area contributed by atoms with E-state index in [9.17, 15) is 0 Å². The number of hydrogen-bond acceptors (Lipinski definition) is 5. The van der Waals surface area contributed by atoms with E-state index in [-0.39, 0.29) is 0 Å². The number of rotatable bonds is 7.